The first-order chi connectivity index (χ1) is 7.33. The predicted octanol–water partition coefficient (Wildman–Crippen LogP) is 1.99. The van der Waals surface area contributed by atoms with Crippen molar-refractivity contribution in [3.05, 3.63) is 21.9 Å². The molecule has 1 aliphatic heterocycles. The van der Waals surface area contributed by atoms with Crippen LogP contribution in [0.2, 0.25) is 0 Å². The summed E-state index contributed by atoms with van der Waals surface area (Å²) in [6, 6.07) is 3.51. The molecular weight excluding hydrogens is 204 g/mol. The van der Waals surface area contributed by atoms with Gasteiger partial charge < -0.3 is 5.73 Å². The molecular formula is C12H18N2S. The molecule has 2 unspecified atom stereocenters. The molecule has 2 heterocycles. The van der Waals surface area contributed by atoms with Crippen LogP contribution in [-0.4, -0.2) is 23.5 Å². The molecule has 1 fully saturated rings. The molecule has 0 spiro atoms. The van der Waals surface area contributed by atoms with Gasteiger partial charge in [-0.05, 0) is 42.7 Å². The van der Waals surface area contributed by atoms with Crippen LogP contribution in [-0.2, 0) is 13.0 Å². The molecule has 3 rings (SSSR count). The third-order valence-electron chi connectivity index (χ3n) is 3.80. The highest BCUT2D eigenvalue weighted by atomic mass is 32.1. The van der Waals surface area contributed by atoms with Gasteiger partial charge in [-0.3, -0.25) is 4.90 Å². The van der Waals surface area contributed by atoms with Crippen LogP contribution in [0.3, 0.4) is 0 Å². The third kappa shape index (κ3) is 1.84. The Bertz CT molecular complexity index is 347. The monoisotopic (exact) mass is 222 g/mol. The van der Waals surface area contributed by atoms with Gasteiger partial charge in [0.15, 0.2) is 0 Å². The van der Waals surface area contributed by atoms with Gasteiger partial charge in [-0.2, -0.15) is 0 Å². The number of thiophene rings is 1. The van der Waals surface area contributed by atoms with Crippen LogP contribution in [0.4, 0.5) is 0 Å². The number of rotatable bonds is 1. The highest BCUT2D eigenvalue weighted by Crippen LogP contribution is 2.30. The number of hydrogen-bond donors (Lipinski definition) is 1. The summed E-state index contributed by atoms with van der Waals surface area (Å²) in [5.41, 5.74) is 7.54. The number of nitrogens with two attached hydrogens (primary N) is 1. The highest BCUT2D eigenvalue weighted by Gasteiger charge is 2.29. The molecule has 15 heavy (non-hydrogen) atoms. The highest BCUT2D eigenvalue weighted by molar-refractivity contribution is 7.10. The van der Waals surface area contributed by atoms with Crippen LogP contribution in [0.1, 0.15) is 29.7 Å². The fourth-order valence-corrected chi connectivity index (χ4v) is 3.79. The summed E-state index contributed by atoms with van der Waals surface area (Å²) in [7, 11) is 0. The standard InChI is InChI=1S/C12H18N2S/c13-10-1-2-11(7-10)14-5-3-12-9(8-14)4-6-15-12/h4,6,10-11H,1-3,5,7-8,13H2. The van der Waals surface area contributed by atoms with Crippen LogP contribution in [0.15, 0.2) is 11.4 Å². The molecule has 1 aromatic rings. The average molecular weight is 222 g/mol. The van der Waals surface area contributed by atoms with Gasteiger partial charge >= 0.3 is 0 Å². The average Bonchev–Trinajstić information content (AvgIpc) is 2.84. The lowest BCUT2D eigenvalue weighted by molar-refractivity contribution is 0.181. The van der Waals surface area contributed by atoms with E-state index in [9.17, 15) is 0 Å². The largest absolute Gasteiger partial charge is 0.328 e. The Kier molecular flexibility index (Phi) is 2.54. The van der Waals surface area contributed by atoms with Crippen LogP contribution in [0.5, 0.6) is 0 Å². The lowest BCUT2D eigenvalue weighted by atomic mass is 10.1. The molecule has 0 saturated heterocycles. The number of fused-ring (bicyclic) bond motifs is 1. The van der Waals surface area contributed by atoms with Crippen LogP contribution in [0.25, 0.3) is 0 Å². The molecule has 3 heteroatoms. The van der Waals surface area contributed by atoms with E-state index in [2.05, 4.69) is 16.3 Å². The maximum absolute atomic E-state index is 5.98. The Balaban J connectivity index is 1.71. The van der Waals surface area contributed by atoms with Crippen molar-refractivity contribution in [2.75, 3.05) is 6.54 Å². The second-order valence-corrected chi connectivity index (χ2v) is 5.82. The molecule has 0 bridgehead atoms. The van der Waals surface area contributed by atoms with Crippen LogP contribution >= 0.6 is 11.3 Å². The van der Waals surface area contributed by atoms with Crippen molar-refractivity contribution >= 4 is 11.3 Å². The Morgan fingerprint density at radius 3 is 3.13 bits per heavy atom. The first-order valence-electron chi connectivity index (χ1n) is 5.88. The molecule has 0 radical (unpaired) electrons. The molecule has 2 N–H and O–H groups in total. The van der Waals surface area contributed by atoms with E-state index in [0.717, 1.165) is 12.6 Å². The summed E-state index contributed by atoms with van der Waals surface area (Å²) in [6.45, 7) is 2.40. The Morgan fingerprint density at radius 1 is 1.40 bits per heavy atom. The summed E-state index contributed by atoms with van der Waals surface area (Å²) in [6.07, 6.45) is 4.98. The van der Waals surface area contributed by atoms with E-state index in [4.69, 9.17) is 5.73 Å². The first-order valence-corrected chi connectivity index (χ1v) is 6.76. The van der Waals surface area contributed by atoms with E-state index in [0.29, 0.717) is 6.04 Å². The topological polar surface area (TPSA) is 29.3 Å². The zero-order valence-electron chi connectivity index (χ0n) is 8.98. The molecule has 1 aromatic heterocycles. The van der Waals surface area contributed by atoms with E-state index < -0.39 is 0 Å². The van der Waals surface area contributed by atoms with Gasteiger partial charge in [-0.15, -0.1) is 11.3 Å². The van der Waals surface area contributed by atoms with Crippen molar-refractivity contribution in [2.24, 2.45) is 5.73 Å². The quantitative estimate of drug-likeness (QED) is 0.787. The third-order valence-corrected chi connectivity index (χ3v) is 4.82. The van der Waals surface area contributed by atoms with Crippen molar-refractivity contribution in [3.8, 4) is 0 Å². The minimum absolute atomic E-state index is 0.457. The van der Waals surface area contributed by atoms with Crippen molar-refractivity contribution < 1.29 is 0 Å². The smallest absolute Gasteiger partial charge is 0.0247 e. The van der Waals surface area contributed by atoms with E-state index in [1.165, 1.54) is 32.2 Å². The van der Waals surface area contributed by atoms with Crippen molar-refractivity contribution in [3.63, 3.8) is 0 Å². The molecule has 1 aliphatic carbocycles. The Labute approximate surface area is 95.1 Å². The molecule has 0 amide bonds. The van der Waals surface area contributed by atoms with Gasteiger partial charge in [0.1, 0.15) is 0 Å². The molecule has 2 aliphatic rings. The van der Waals surface area contributed by atoms with Gasteiger partial charge in [-0.1, -0.05) is 0 Å². The zero-order chi connectivity index (χ0) is 10.3. The minimum atomic E-state index is 0.457. The molecule has 82 valence electrons. The van der Waals surface area contributed by atoms with E-state index in [1.54, 1.807) is 10.4 Å². The number of nitrogens with zero attached hydrogens (tertiary/aromatic N) is 1. The molecule has 0 aromatic carbocycles. The lowest BCUT2D eigenvalue weighted by Crippen LogP contribution is -2.38. The van der Waals surface area contributed by atoms with E-state index >= 15 is 0 Å². The van der Waals surface area contributed by atoms with E-state index in [-0.39, 0.29) is 0 Å². The van der Waals surface area contributed by atoms with Gasteiger partial charge in [0.25, 0.3) is 0 Å². The van der Waals surface area contributed by atoms with Gasteiger partial charge in [0.2, 0.25) is 0 Å². The van der Waals surface area contributed by atoms with Crippen molar-refractivity contribution in [1.82, 2.24) is 4.90 Å². The second-order valence-electron chi connectivity index (χ2n) is 4.82. The number of hydrogen-bond acceptors (Lipinski definition) is 3. The lowest BCUT2D eigenvalue weighted by Gasteiger charge is -2.32. The van der Waals surface area contributed by atoms with Crippen LogP contribution in [0, 0.1) is 0 Å². The maximum atomic E-state index is 5.98. The Morgan fingerprint density at radius 2 is 2.33 bits per heavy atom. The summed E-state index contributed by atoms with van der Waals surface area (Å²) < 4.78 is 0. The van der Waals surface area contributed by atoms with Gasteiger partial charge in [0.05, 0.1) is 0 Å². The minimum Gasteiger partial charge on any atom is -0.328 e. The SMILES string of the molecule is NC1CCC(N2CCc3sccc3C2)C1. The predicted molar refractivity (Wildman–Crippen MR) is 64.0 cm³/mol. The normalized spacial score (nSPS) is 31.8. The fourth-order valence-electron chi connectivity index (χ4n) is 2.91. The summed E-state index contributed by atoms with van der Waals surface area (Å²) in [4.78, 5) is 4.25. The van der Waals surface area contributed by atoms with E-state index in [1.807, 2.05) is 11.3 Å². The molecule has 2 nitrogen and oxygen atoms in total. The van der Waals surface area contributed by atoms with Crippen molar-refractivity contribution in [2.45, 2.75) is 44.3 Å². The summed E-state index contributed by atoms with van der Waals surface area (Å²) in [5.74, 6) is 0. The van der Waals surface area contributed by atoms with Gasteiger partial charge in [0, 0.05) is 30.1 Å². The first kappa shape index (κ1) is 9.82. The summed E-state index contributed by atoms with van der Waals surface area (Å²) in [5, 5.41) is 2.23. The molecule has 1 saturated carbocycles. The summed E-state index contributed by atoms with van der Waals surface area (Å²) >= 11 is 1.92. The fraction of sp³-hybridized carbons (Fsp3) is 0.667. The second kappa shape index (κ2) is 3.89. The van der Waals surface area contributed by atoms with Gasteiger partial charge in [-0.25, -0.2) is 0 Å². The van der Waals surface area contributed by atoms with Crippen molar-refractivity contribution in [1.29, 1.82) is 0 Å². The molecule has 2 atom stereocenters. The Hall–Kier alpha value is -0.380. The zero-order valence-corrected chi connectivity index (χ0v) is 9.80. The maximum Gasteiger partial charge on any atom is 0.0247 e. The van der Waals surface area contributed by atoms with Crippen LogP contribution < -0.4 is 5.73 Å².